The smallest absolute Gasteiger partial charge is 0.335 e. The van der Waals surface area contributed by atoms with E-state index in [0.717, 1.165) is 5.56 Å². The lowest BCUT2D eigenvalue weighted by molar-refractivity contribution is 0.0697. The average molecular weight is 294 g/mol. The molecule has 1 aromatic rings. The fourth-order valence-corrected chi connectivity index (χ4v) is 1.88. The van der Waals surface area contributed by atoms with E-state index < -0.39 is 5.97 Å². The lowest BCUT2D eigenvalue weighted by Gasteiger charge is -2.21. The summed E-state index contributed by atoms with van der Waals surface area (Å²) in [6.45, 7) is 4.30. The van der Waals surface area contributed by atoms with E-state index >= 15 is 0 Å². The Morgan fingerprint density at radius 2 is 1.81 bits per heavy atom. The van der Waals surface area contributed by atoms with E-state index in [-0.39, 0.29) is 30.2 Å². The monoisotopic (exact) mass is 294 g/mol. The number of hydrogen-bond donors (Lipinski definition) is 4. The zero-order valence-electron chi connectivity index (χ0n) is 12.3. The Labute approximate surface area is 124 Å². The molecule has 0 radical (unpaired) electrons. The van der Waals surface area contributed by atoms with Gasteiger partial charge in [-0.25, -0.2) is 9.59 Å². The van der Waals surface area contributed by atoms with Crippen LogP contribution in [0.1, 0.15) is 36.2 Å². The van der Waals surface area contributed by atoms with Crippen LogP contribution in [0, 0.1) is 5.92 Å². The summed E-state index contributed by atoms with van der Waals surface area (Å²) in [4.78, 5) is 22.5. The molecule has 0 spiro atoms. The van der Waals surface area contributed by atoms with Crippen LogP contribution < -0.4 is 10.6 Å². The molecule has 4 N–H and O–H groups in total. The number of carbonyl (C=O) groups excluding carboxylic acids is 1. The van der Waals surface area contributed by atoms with E-state index in [2.05, 4.69) is 10.6 Å². The quantitative estimate of drug-likeness (QED) is 0.613. The lowest BCUT2D eigenvalue weighted by Crippen LogP contribution is -2.44. The highest BCUT2D eigenvalue weighted by molar-refractivity contribution is 5.87. The van der Waals surface area contributed by atoms with Crippen molar-refractivity contribution < 1.29 is 19.8 Å². The van der Waals surface area contributed by atoms with Gasteiger partial charge in [-0.3, -0.25) is 0 Å². The minimum absolute atomic E-state index is 0.0276. The summed E-state index contributed by atoms with van der Waals surface area (Å²) >= 11 is 0. The maximum absolute atomic E-state index is 11.8. The molecule has 0 aromatic heterocycles. The number of carbonyl (C=O) groups is 2. The third kappa shape index (κ3) is 5.83. The van der Waals surface area contributed by atoms with Crippen LogP contribution in [0.15, 0.2) is 24.3 Å². The van der Waals surface area contributed by atoms with Gasteiger partial charge in [-0.2, -0.15) is 0 Å². The molecule has 2 amide bonds. The van der Waals surface area contributed by atoms with Gasteiger partial charge in [0.25, 0.3) is 0 Å². The van der Waals surface area contributed by atoms with Gasteiger partial charge in [0.05, 0.1) is 5.56 Å². The molecule has 1 atom stereocenters. The van der Waals surface area contributed by atoms with Crippen LogP contribution in [0.2, 0.25) is 0 Å². The van der Waals surface area contributed by atoms with Crippen molar-refractivity contribution >= 4 is 12.0 Å². The molecule has 0 fully saturated rings. The number of benzene rings is 1. The van der Waals surface area contributed by atoms with E-state index in [9.17, 15) is 9.59 Å². The van der Waals surface area contributed by atoms with Gasteiger partial charge in [0.2, 0.25) is 0 Å². The van der Waals surface area contributed by atoms with Crippen molar-refractivity contribution in [2.24, 2.45) is 5.92 Å². The predicted molar refractivity (Wildman–Crippen MR) is 79.1 cm³/mol. The third-order valence-corrected chi connectivity index (χ3v) is 3.22. The topological polar surface area (TPSA) is 98.7 Å². The van der Waals surface area contributed by atoms with Crippen LogP contribution in [-0.4, -0.2) is 34.9 Å². The highest BCUT2D eigenvalue weighted by atomic mass is 16.4. The number of carboxylic acids is 1. The van der Waals surface area contributed by atoms with Gasteiger partial charge >= 0.3 is 12.0 Å². The summed E-state index contributed by atoms with van der Waals surface area (Å²) in [6, 6.07) is 5.95. The number of carboxylic acid groups (broad SMARTS) is 1. The molecule has 0 heterocycles. The maximum Gasteiger partial charge on any atom is 0.335 e. The Balaban J connectivity index is 2.46. The van der Waals surface area contributed by atoms with Gasteiger partial charge in [-0.05, 0) is 30.0 Å². The second kappa shape index (κ2) is 8.26. The van der Waals surface area contributed by atoms with E-state index in [4.69, 9.17) is 10.2 Å². The molecule has 21 heavy (non-hydrogen) atoms. The van der Waals surface area contributed by atoms with E-state index in [0.29, 0.717) is 13.0 Å². The van der Waals surface area contributed by atoms with Crippen LogP contribution in [0.3, 0.4) is 0 Å². The Hall–Kier alpha value is -2.08. The molecule has 0 aliphatic carbocycles. The normalized spacial score (nSPS) is 12.0. The van der Waals surface area contributed by atoms with Gasteiger partial charge in [0.15, 0.2) is 0 Å². The first-order valence-electron chi connectivity index (χ1n) is 6.91. The van der Waals surface area contributed by atoms with E-state index in [1.165, 1.54) is 12.1 Å². The molecular formula is C15H22N2O4. The number of urea groups is 1. The Kier molecular flexibility index (Phi) is 6.68. The first kappa shape index (κ1) is 17.0. The van der Waals surface area contributed by atoms with E-state index in [1.54, 1.807) is 12.1 Å². The minimum atomic E-state index is -0.976. The number of nitrogens with one attached hydrogen (secondary N) is 2. The van der Waals surface area contributed by atoms with Crippen molar-refractivity contribution in [2.45, 2.75) is 32.9 Å². The largest absolute Gasteiger partial charge is 0.478 e. The highest BCUT2D eigenvalue weighted by Crippen LogP contribution is 2.06. The average Bonchev–Trinajstić information content (AvgIpc) is 2.45. The van der Waals surface area contributed by atoms with Crippen molar-refractivity contribution in [1.29, 1.82) is 0 Å². The van der Waals surface area contributed by atoms with Gasteiger partial charge in [-0.15, -0.1) is 0 Å². The van der Waals surface area contributed by atoms with Crippen molar-refractivity contribution in [3.63, 3.8) is 0 Å². The molecule has 6 nitrogen and oxygen atoms in total. The first-order valence-corrected chi connectivity index (χ1v) is 6.91. The van der Waals surface area contributed by atoms with Gasteiger partial charge in [0.1, 0.15) is 0 Å². The summed E-state index contributed by atoms with van der Waals surface area (Å²) < 4.78 is 0. The van der Waals surface area contributed by atoms with Crippen molar-refractivity contribution in [1.82, 2.24) is 10.6 Å². The molecule has 0 aliphatic heterocycles. The SMILES string of the molecule is CC(C)C(CCO)NC(=O)NCc1ccc(C(=O)O)cc1. The number of aromatic carboxylic acids is 1. The predicted octanol–water partition coefficient (Wildman–Crippen LogP) is 1.59. The van der Waals surface area contributed by atoms with Crippen LogP contribution in [0.5, 0.6) is 0 Å². The molecule has 1 aromatic carbocycles. The molecule has 1 unspecified atom stereocenters. The van der Waals surface area contributed by atoms with Gasteiger partial charge in [0, 0.05) is 19.2 Å². The molecule has 0 saturated carbocycles. The third-order valence-electron chi connectivity index (χ3n) is 3.22. The van der Waals surface area contributed by atoms with Crippen molar-refractivity contribution in [3.05, 3.63) is 35.4 Å². The van der Waals surface area contributed by atoms with Crippen LogP contribution in [-0.2, 0) is 6.54 Å². The molecule has 0 saturated heterocycles. The van der Waals surface area contributed by atoms with Crippen LogP contribution in [0.4, 0.5) is 4.79 Å². The lowest BCUT2D eigenvalue weighted by atomic mass is 10.0. The molecule has 6 heteroatoms. The second-order valence-electron chi connectivity index (χ2n) is 5.19. The molecule has 0 bridgehead atoms. The van der Waals surface area contributed by atoms with E-state index in [1.807, 2.05) is 13.8 Å². The van der Waals surface area contributed by atoms with Crippen molar-refractivity contribution in [3.8, 4) is 0 Å². The van der Waals surface area contributed by atoms with Crippen LogP contribution in [0.25, 0.3) is 0 Å². The zero-order valence-corrected chi connectivity index (χ0v) is 12.3. The molecule has 116 valence electrons. The summed E-state index contributed by atoms with van der Waals surface area (Å²) in [5.74, 6) is -0.742. The number of rotatable bonds is 7. The second-order valence-corrected chi connectivity index (χ2v) is 5.19. The summed E-state index contributed by atoms with van der Waals surface area (Å²) in [5, 5.41) is 23.3. The Bertz CT molecular complexity index is 471. The standard InChI is InChI=1S/C15H22N2O4/c1-10(2)13(7-8-18)17-15(21)16-9-11-3-5-12(6-4-11)14(19)20/h3-6,10,13,18H,7-9H2,1-2H3,(H,19,20)(H2,16,17,21). The number of aliphatic hydroxyl groups is 1. The number of amides is 2. The summed E-state index contributed by atoms with van der Waals surface area (Å²) in [7, 11) is 0. The summed E-state index contributed by atoms with van der Waals surface area (Å²) in [6.07, 6.45) is 0.512. The fraction of sp³-hybridized carbons (Fsp3) is 0.467. The van der Waals surface area contributed by atoms with Crippen LogP contribution >= 0.6 is 0 Å². The maximum atomic E-state index is 11.8. The molecule has 0 aliphatic rings. The number of aliphatic hydroxyl groups excluding tert-OH is 1. The zero-order chi connectivity index (χ0) is 15.8. The summed E-state index contributed by atoms with van der Waals surface area (Å²) in [5.41, 5.74) is 1.03. The molecule has 1 rings (SSSR count). The minimum Gasteiger partial charge on any atom is -0.478 e. The van der Waals surface area contributed by atoms with Crippen molar-refractivity contribution in [2.75, 3.05) is 6.61 Å². The highest BCUT2D eigenvalue weighted by Gasteiger charge is 2.15. The Morgan fingerprint density at radius 3 is 2.29 bits per heavy atom. The van der Waals surface area contributed by atoms with Gasteiger partial charge < -0.3 is 20.8 Å². The Morgan fingerprint density at radius 1 is 1.19 bits per heavy atom. The van der Waals surface area contributed by atoms with Gasteiger partial charge in [-0.1, -0.05) is 26.0 Å². The number of hydrogen-bond acceptors (Lipinski definition) is 3. The fourth-order valence-electron chi connectivity index (χ4n) is 1.88. The first-order chi connectivity index (χ1) is 9.93. The molecular weight excluding hydrogens is 272 g/mol.